The monoisotopic (exact) mass is 357 g/mol. The number of anilines is 2. The predicted octanol–water partition coefficient (Wildman–Crippen LogP) is 4.89. The molecule has 0 saturated heterocycles. The highest BCUT2D eigenvalue weighted by Crippen LogP contribution is 2.33. The first-order valence-corrected chi connectivity index (χ1v) is 7.88. The average molecular weight is 358 g/mol. The molecule has 3 rings (SSSR count). The standard InChI is InChI=1S/C18H13Cl2N3O/c19-12-6-8-15(20)14(10-12)13-7-9-16(22-17(13)21)23-18(24)11-4-2-1-3-5-11/h1-10H,(H3,21,22,23,24). The maximum Gasteiger partial charge on any atom is 0.256 e. The van der Waals surface area contributed by atoms with E-state index in [1.54, 1.807) is 54.6 Å². The van der Waals surface area contributed by atoms with Gasteiger partial charge in [-0.05, 0) is 42.5 Å². The Morgan fingerprint density at radius 1 is 0.958 bits per heavy atom. The van der Waals surface area contributed by atoms with Crippen LogP contribution >= 0.6 is 23.2 Å². The summed E-state index contributed by atoms with van der Waals surface area (Å²) in [5.41, 5.74) is 7.91. The Hall–Kier alpha value is -2.56. The van der Waals surface area contributed by atoms with Gasteiger partial charge in [-0.15, -0.1) is 0 Å². The lowest BCUT2D eigenvalue weighted by molar-refractivity contribution is 0.102. The molecule has 3 aromatic rings. The van der Waals surface area contributed by atoms with Gasteiger partial charge in [0.1, 0.15) is 11.6 Å². The maximum atomic E-state index is 12.1. The van der Waals surface area contributed by atoms with Gasteiger partial charge in [0.25, 0.3) is 5.91 Å². The lowest BCUT2D eigenvalue weighted by Crippen LogP contribution is -2.13. The summed E-state index contributed by atoms with van der Waals surface area (Å²) in [4.78, 5) is 16.4. The van der Waals surface area contributed by atoms with Gasteiger partial charge in [0.05, 0.1) is 0 Å². The van der Waals surface area contributed by atoms with Crippen LogP contribution in [0.2, 0.25) is 10.0 Å². The van der Waals surface area contributed by atoms with Crippen LogP contribution in [-0.2, 0) is 0 Å². The normalized spacial score (nSPS) is 10.4. The molecule has 2 aromatic carbocycles. The number of nitrogens with one attached hydrogen (secondary N) is 1. The number of carbonyl (C=O) groups excluding carboxylic acids is 1. The van der Waals surface area contributed by atoms with E-state index < -0.39 is 0 Å². The largest absolute Gasteiger partial charge is 0.383 e. The zero-order valence-corrected chi connectivity index (χ0v) is 14.0. The lowest BCUT2D eigenvalue weighted by atomic mass is 10.1. The fraction of sp³-hybridized carbons (Fsp3) is 0. The zero-order valence-electron chi connectivity index (χ0n) is 12.5. The van der Waals surface area contributed by atoms with Crippen molar-refractivity contribution in [2.75, 3.05) is 11.1 Å². The number of nitrogen functional groups attached to an aromatic ring is 1. The molecule has 120 valence electrons. The Labute approximate surface area is 149 Å². The molecule has 0 bridgehead atoms. The quantitative estimate of drug-likeness (QED) is 0.700. The summed E-state index contributed by atoms with van der Waals surface area (Å²) in [6.07, 6.45) is 0. The number of halogens is 2. The molecule has 0 fully saturated rings. The van der Waals surface area contributed by atoms with Gasteiger partial charge in [-0.2, -0.15) is 0 Å². The van der Waals surface area contributed by atoms with E-state index in [1.165, 1.54) is 0 Å². The summed E-state index contributed by atoms with van der Waals surface area (Å²) in [6, 6.07) is 17.4. The van der Waals surface area contributed by atoms with Crippen LogP contribution in [0.1, 0.15) is 10.4 Å². The molecular formula is C18H13Cl2N3O. The van der Waals surface area contributed by atoms with Crippen molar-refractivity contribution in [3.63, 3.8) is 0 Å². The van der Waals surface area contributed by atoms with Crippen molar-refractivity contribution in [3.8, 4) is 11.1 Å². The fourth-order valence-corrected chi connectivity index (χ4v) is 2.65. The maximum absolute atomic E-state index is 12.1. The van der Waals surface area contributed by atoms with E-state index in [0.717, 1.165) is 0 Å². The van der Waals surface area contributed by atoms with E-state index in [4.69, 9.17) is 28.9 Å². The Morgan fingerprint density at radius 3 is 2.42 bits per heavy atom. The Balaban J connectivity index is 1.88. The minimum atomic E-state index is -0.254. The molecule has 4 nitrogen and oxygen atoms in total. The van der Waals surface area contributed by atoms with Crippen LogP contribution in [0.15, 0.2) is 60.7 Å². The SMILES string of the molecule is Nc1nc(NC(=O)c2ccccc2)ccc1-c1cc(Cl)ccc1Cl. The number of nitrogens with zero attached hydrogens (tertiary/aromatic N) is 1. The second-order valence-corrected chi connectivity index (χ2v) is 5.92. The molecule has 0 spiro atoms. The number of rotatable bonds is 3. The van der Waals surface area contributed by atoms with Gasteiger partial charge in [0.15, 0.2) is 0 Å². The molecule has 1 aromatic heterocycles. The number of hydrogen-bond donors (Lipinski definition) is 2. The van der Waals surface area contributed by atoms with E-state index >= 15 is 0 Å². The van der Waals surface area contributed by atoms with Gasteiger partial charge in [-0.3, -0.25) is 4.79 Å². The van der Waals surface area contributed by atoms with Gasteiger partial charge in [-0.1, -0.05) is 41.4 Å². The predicted molar refractivity (Wildman–Crippen MR) is 98.5 cm³/mol. The highest BCUT2D eigenvalue weighted by Gasteiger charge is 2.12. The van der Waals surface area contributed by atoms with Crippen molar-refractivity contribution in [3.05, 3.63) is 76.3 Å². The second kappa shape index (κ2) is 6.91. The molecular weight excluding hydrogens is 345 g/mol. The summed E-state index contributed by atoms with van der Waals surface area (Å²) in [5.74, 6) is 0.365. The van der Waals surface area contributed by atoms with Gasteiger partial charge < -0.3 is 11.1 Å². The topological polar surface area (TPSA) is 68.0 Å². The van der Waals surface area contributed by atoms with E-state index in [1.807, 2.05) is 6.07 Å². The van der Waals surface area contributed by atoms with E-state index in [-0.39, 0.29) is 11.7 Å². The summed E-state index contributed by atoms with van der Waals surface area (Å²) in [7, 11) is 0. The van der Waals surface area contributed by atoms with E-state index in [9.17, 15) is 4.79 Å². The first-order valence-electron chi connectivity index (χ1n) is 7.13. The smallest absolute Gasteiger partial charge is 0.256 e. The molecule has 1 amide bonds. The molecule has 6 heteroatoms. The van der Waals surface area contributed by atoms with Crippen molar-refractivity contribution < 1.29 is 4.79 Å². The summed E-state index contributed by atoms with van der Waals surface area (Å²) >= 11 is 12.2. The molecule has 0 saturated carbocycles. The van der Waals surface area contributed by atoms with E-state index in [2.05, 4.69) is 10.3 Å². The van der Waals surface area contributed by atoms with Crippen molar-refractivity contribution >= 4 is 40.7 Å². The molecule has 1 heterocycles. The molecule has 0 aliphatic carbocycles. The highest BCUT2D eigenvalue weighted by molar-refractivity contribution is 6.35. The van der Waals surface area contributed by atoms with Gasteiger partial charge in [0.2, 0.25) is 0 Å². The Bertz CT molecular complexity index is 898. The van der Waals surface area contributed by atoms with Crippen LogP contribution in [-0.4, -0.2) is 10.9 Å². The third kappa shape index (κ3) is 3.50. The molecule has 0 atom stereocenters. The minimum Gasteiger partial charge on any atom is -0.383 e. The molecule has 0 aliphatic rings. The number of pyridine rings is 1. The van der Waals surface area contributed by atoms with Gasteiger partial charge in [-0.25, -0.2) is 4.98 Å². The third-order valence-corrected chi connectivity index (χ3v) is 3.99. The van der Waals surface area contributed by atoms with Crippen molar-refractivity contribution in [2.45, 2.75) is 0 Å². The fourth-order valence-electron chi connectivity index (χ4n) is 2.25. The minimum absolute atomic E-state index is 0.254. The number of benzene rings is 2. The second-order valence-electron chi connectivity index (χ2n) is 5.07. The first kappa shape index (κ1) is 16.3. The van der Waals surface area contributed by atoms with Crippen LogP contribution in [0.25, 0.3) is 11.1 Å². The molecule has 24 heavy (non-hydrogen) atoms. The number of nitrogens with two attached hydrogens (primary N) is 1. The van der Waals surface area contributed by atoms with Crippen molar-refractivity contribution in [2.24, 2.45) is 0 Å². The Kier molecular flexibility index (Phi) is 4.69. The van der Waals surface area contributed by atoms with Crippen LogP contribution in [0.4, 0.5) is 11.6 Å². The van der Waals surface area contributed by atoms with Crippen LogP contribution in [0.3, 0.4) is 0 Å². The molecule has 3 N–H and O–H groups in total. The molecule has 0 radical (unpaired) electrons. The average Bonchev–Trinajstić information content (AvgIpc) is 2.58. The van der Waals surface area contributed by atoms with Crippen LogP contribution in [0.5, 0.6) is 0 Å². The number of hydrogen-bond acceptors (Lipinski definition) is 3. The van der Waals surface area contributed by atoms with E-state index in [0.29, 0.717) is 32.6 Å². The number of carbonyl (C=O) groups is 1. The number of amides is 1. The summed E-state index contributed by atoms with van der Waals surface area (Å²) in [6.45, 7) is 0. The first-order chi connectivity index (χ1) is 11.5. The summed E-state index contributed by atoms with van der Waals surface area (Å²) in [5, 5.41) is 3.79. The van der Waals surface area contributed by atoms with Gasteiger partial charge >= 0.3 is 0 Å². The van der Waals surface area contributed by atoms with Crippen LogP contribution in [0, 0.1) is 0 Å². The summed E-state index contributed by atoms with van der Waals surface area (Å²) < 4.78 is 0. The van der Waals surface area contributed by atoms with Crippen molar-refractivity contribution in [1.29, 1.82) is 0 Å². The molecule has 0 unspecified atom stereocenters. The molecule has 0 aliphatic heterocycles. The van der Waals surface area contributed by atoms with Gasteiger partial charge in [0, 0.05) is 26.7 Å². The zero-order chi connectivity index (χ0) is 17.1. The lowest BCUT2D eigenvalue weighted by Gasteiger charge is -2.10. The Morgan fingerprint density at radius 2 is 1.71 bits per heavy atom. The van der Waals surface area contributed by atoms with Crippen molar-refractivity contribution in [1.82, 2.24) is 4.98 Å². The van der Waals surface area contributed by atoms with Crippen LogP contribution < -0.4 is 11.1 Å². The highest BCUT2D eigenvalue weighted by atomic mass is 35.5. The number of aromatic nitrogens is 1. The third-order valence-electron chi connectivity index (χ3n) is 3.42.